The average Bonchev–Trinajstić information content (AvgIpc) is 3.50. The minimum Gasteiger partial charge on any atom is -0.463 e. The lowest BCUT2D eigenvalue weighted by atomic mass is 10.0. The molecule has 4 aromatic rings. The highest BCUT2D eigenvalue weighted by Gasteiger charge is 2.34. The molecule has 0 saturated carbocycles. The van der Waals surface area contributed by atoms with Crippen molar-refractivity contribution in [1.29, 1.82) is 0 Å². The number of halogens is 2. The molecule has 7 nitrogen and oxygen atoms in total. The number of fused-ring (bicyclic) bond motifs is 4. The average molecular weight is 533 g/mol. The summed E-state index contributed by atoms with van der Waals surface area (Å²) in [7, 11) is 2.12. The molecule has 38 heavy (non-hydrogen) atoms. The van der Waals surface area contributed by atoms with Crippen molar-refractivity contribution in [1.82, 2.24) is 25.2 Å². The van der Waals surface area contributed by atoms with Crippen LogP contribution in [0.4, 0.5) is 10.2 Å². The van der Waals surface area contributed by atoms with Gasteiger partial charge in [-0.3, -0.25) is 4.98 Å². The Balaban J connectivity index is 1.35. The maximum Gasteiger partial charge on any atom is 0.319 e. The maximum absolute atomic E-state index is 16.4. The van der Waals surface area contributed by atoms with Crippen LogP contribution < -0.4 is 15.0 Å². The predicted molar refractivity (Wildman–Crippen MR) is 149 cm³/mol. The summed E-state index contributed by atoms with van der Waals surface area (Å²) < 4.78 is 22.5. The van der Waals surface area contributed by atoms with Crippen molar-refractivity contribution < 1.29 is 9.13 Å². The first-order valence-electron chi connectivity index (χ1n) is 13.4. The van der Waals surface area contributed by atoms with E-state index < -0.39 is 5.82 Å². The molecule has 3 atom stereocenters. The van der Waals surface area contributed by atoms with Crippen molar-refractivity contribution in [2.45, 2.75) is 31.3 Å². The van der Waals surface area contributed by atoms with E-state index in [-0.39, 0.29) is 17.2 Å². The first-order chi connectivity index (χ1) is 18.5. The maximum atomic E-state index is 16.4. The molecule has 3 aliphatic rings. The van der Waals surface area contributed by atoms with Crippen LogP contribution in [-0.2, 0) is 0 Å². The number of hydrogen-bond acceptors (Lipinski definition) is 7. The van der Waals surface area contributed by atoms with Gasteiger partial charge in [0.2, 0.25) is 0 Å². The van der Waals surface area contributed by atoms with Crippen LogP contribution in [0.1, 0.15) is 19.3 Å². The van der Waals surface area contributed by atoms with Crippen molar-refractivity contribution in [3.8, 4) is 17.3 Å². The van der Waals surface area contributed by atoms with Gasteiger partial charge in [-0.15, -0.1) is 0 Å². The highest BCUT2D eigenvalue weighted by atomic mass is 35.5. The standard InChI is InChI=1S/C29H30ClFN6O/c1-36-11-10-17(13-36)16-38-29-34-27-22(28(35-29)37-14-19-8-9-20(15-37)33-19)12-32-26(25(27)31)21-6-2-4-18-5-3-7-23(30)24(18)21/h2-7,12,17,19-20,33H,8-11,13-16H2,1H3/t17-,19?,20?/m1/s1. The number of nitrogens with one attached hydrogen (secondary N) is 1. The number of benzene rings is 2. The quantitative estimate of drug-likeness (QED) is 0.392. The molecule has 7 rings (SSSR count). The summed E-state index contributed by atoms with van der Waals surface area (Å²) in [6.45, 7) is 4.18. The van der Waals surface area contributed by atoms with E-state index in [4.69, 9.17) is 21.3 Å². The fourth-order valence-corrected chi connectivity index (χ4v) is 6.62. The van der Waals surface area contributed by atoms with E-state index in [1.54, 1.807) is 6.20 Å². The van der Waals surface area contributed by atoms with Crippen LogP contribution in [0.25, 0.3) is 32.9 Å². The zero-order valence-electron chi connectivity index (χ0n) is 21.3. The lowest BCUT2D eigenvalue weighted by Gasteiger charge is -2.34. The number of nitrogens with zero attached hydrogens (tertiary/aromatic N) is 5. The molecule has 0 aliphatic carbocycles. The highest BCUT2D eigenvalue weighted by Crippen LogP contribution is 2.38. The number of aromatic nitrogens is 3. The Labute approximate surface area is 226 Å². The van der Waals surface area contributed by atoms with Crippen molar-refractivity contribution in [2.75, 3.05) is 44.7 Å². The van der Waals surface area contributed by atoms with Crippen molar-refractivity contribution in [2.24, 2.45) is 5.92 Å². The van der Waals surface area contributed by atoms with Gasteiger partial charge in [-0.25, -0.2) is 4.39 Å². The van der Waals surface area contributed by atoms with E-state index in [0.717, 1.165) is 56.2 Å². The Morgan fingerprint density at radius 2 is 1.84 bits per heavy atom. The van der Waals surface area contributed by atoms with Crippen molar-refractivity contribution in [3.05, 3.63) is 53.4 Å². The minimum atomic E-state index is -0.484. The molecule has 5 heterocycles. The number of likely N-dealkylation sites (tertiary alicyclic amines) is 1. The highest BCUT2D eigenvalue weighted by molar-refractivity contribution is 6.36. The number of pyridine rings is 1. The number of piperazine rings is 1. The molecular formula is C29H30ClFN6O. The van der Waals surface area contributed by atoms with Gasteiger partial charge in [-0.1, -0.05) is 41.9 Å². The largest absolute Gasteiger partial charge is 0.463 e. The molecule has 3 aliphatic heterocycles. The Morgan fingerprint density at radius 1 is 1.05 bits per heavy atom. The summed E-state index contributed by atoms with van der Waals surface area (Å²) in [6, 6.07) is 12.4. The van der Waals surface area contributed by atoms with E-state index >= 15 is 4.39 Å². The molecule has 3 fully saturated rings. The SMILES string of the molecule is CN1CC[C@@H](COc2nc(N3CC4CCC(C3)N4)c3cnc(-c4cccc5cccc(Cl)c45)c(F)c3n2)C1. The Morgan fingerprint density at radius 3 is 2.61 bits per heavy atom. The van der Waals surface area contributed by atoms with Gasteiger partial charge in [0.05, 0.1) is 12.0 Å². The minimum absolute atomic E-state index is 0.222. The van der Waals surface area contributed by atoms with Gasteiger partial charge >= 0.3 is 6.01 Å². The van der Waals surface area contributed by atoms with Crippen molar-refractivity contribution >= 4 is 39.1 Å². The second-order valence-electron chi connectivity index (χ2n) is 10.9. The Kier molecular flexibility index (Phi) is 6.06. The van der Waals surface area contributed by atoms with E-state index in [9.17, 15) is 0 Å². The first kappa shape index (κ1) is 24.0. The predicted octanol–water partition coefficient (Wildman–Crippen LogP) is 4.91. The van der Waals surface area contributed by atoms with E-state index in [2.05, 4.69) is 32.1 Å². The Hall–Kier alpha value is -3.07. The van der Waals surface area contributed by atoms with Crippen LogP contribution in [0.15, 0.2) is 42.6 Å². The fourth-order valence-electron chi connectivity index (χ4n) is 6.33. The van der Waals surface area contributed by atoms with Crippen LogP contribution in [0.3, 0.4) is 0 Å². The Bertz CT molecular complexity index is 1520. The summed E-state index contributed by atoms with van der Waals surface area (Å²) in [5.74, 6) is 0.622. The zero-order chi connectivity index (χ0) is 25.8. The molecule has 2 bridgehead atoms. The monoisotopic (exact) mass is 532 g/mol. The summed E-state index contributed by atoms with van der Waals surface area (Å²) in [4.78, 5) is 18.6. The number of anilines is 1. The third-order valence-electron chi connectivity index (χ3n) is 8.21. The third kappa shape index (κ3) is 4.25. The molecule has 0 radical (unpaired) electrons. The van der Waals surface area contributed by atoms with Gasteiger partial charge in [-0.05, 0) is 44.3 Å². The number of ether oxygens (including phenoxy) is 1. The van der Waals surface area contributed by atoms with Crippen LogP contribution >= 0.6 is 11.6 Å². The molecule has 0 spiro atoms. The topological polar surface area (TPSA) is 66.4 Å². The van der Waals surface area contributed by atoms with Gasteiger partial charge in [-0.2, -0.15) is 9.97 Å². The lowest BCUT2D eigenvalue weighted by molar-refractivity contribution is 0.233. The second-order valence-corrected chi connectivity index (χ2v) is 11.3. The van der Waals surface area contributed by atoms with Gasteiger partial charge in [0.25, 0.3) is 0 Å². The second kappa shape index (κ2) is 9.59. The number of hydrogen-bond donors (Lipinski definition) is 1. The normalized spacial score (nSPS) is 23.6. The molecule has 196 valence electrons. The fraction of sp³-hybridized carbons (Fsp3) is 0.414. The van der Waals surface area contributed by atoms with Gasteiger partial charge in [0.1, 0.15) is 17.0 Å². The molecule has 0 amide bonds. The summed E-state index contributed by atoms with van der Waals surface area (Å²) in [6.07, 6.45) is 5.06. The summed E-state index contributed by atoms with van der Waals surface area (Å²) in [5.41, 5.74) is 1.10. The molecule has 2 aromatic carbocycles. The van der Waals surface area contributed by atoms with E-state index in [1.165, 1.54) is 0 Å². The smallest absolute Gasteiger partial charge is 0.319 e. The number of rotatable bonds is 5. The van der Waals surface area contributed by atoms with Crippen LogP contribution in [0, 0.1) is 11.7 Å². The third-order valence-corrected chi connectivity index (χ3v) is 8.52. The molecule has 3 saturated heterocycles. The van der Waals surface area contributed by atoms with E-state index in [1.807, 2.05) is 36.4 Å². The summed E-state index contributed by atoms with van der Waals surface area (Å²) in [5, 5.41) is 6.53. The molecule has 9 heteroatoms. The summed E-state index contributed by atoms with van der Waals surface area (Å²) >= 11 is 6.57. The molecule has 2 unspecified atom stereocenters. The van der Waals surface area contributed by atoms with Crippen LogP contribution in [0.2, 0.25) is 5.02 Å². The van der Waals surface area contributed by atoms with Gasteiger partial charge in [0, 0.05) is 59.8 Å². The lowest BCUT2D eigenvalue weighted by Crippen LogP contribution is -2.51. The van der Waals surface area contributed by atoms with E-state index in [0.29, 0.717) is 46.4 Å². The molecular weight excluding hydrogens is 503 g/mol. The van der Waals surface area contributed by atoms with Crippen LogP contribution in [-0.4, -0.2) is 71.8 Å². The first-order valence-corrected chi connectivity index (χ1v) is 13.8. The molecule has 1 N–H and O–H groups in total. The van der Waals surface area contributed by atoms with Gasteiger partial charge < -0.3 is 19.9 Å². The van der Waals surface area contributed by atoms with Gasteiger partial charge in [0.15, 0.2) is 5.82 Å². The zero-order valence-corrected chi connectivity index (χ0v) is 22.1. The molecule has 2 aromatic heterocycles. The van der Waals surface area contributed by atoms with Crippen LogP contribution in [0.5, 0.6) is 6.01 Å². The van der Waals surface area contributed by atoms with Crippen molar-refractivity contribution in [3.63, 3.8) is 0 Å².